The van der Waals surface area contributed by atoms with Crippen LogP contribution in [0, 0.1) is 0 Å². The van der Waals surface area contributed by atoms with Gasteiger partial charge in [-0.1, -0.05) is 24.3 Å². The first kappa shape index (κ1) is 22.3. The van der Waals surface area contributed by atoms with Crippen LogP contribution in [0.15, 0.2) is 24.3 Å². The van der Waals surface area contributed by atoms with E-state index in [0.29, 0.717) is 39.3 Å². The van der Waals surface area contributed by atoms with E-state index < -0.39 is 0 Å². The van der Waals surface area contributed by atoms with E-state index in [1.807, 2.05) is 13.8 Å². The Morgan fingerprint density at radius 3 is 1.42 bits per heavy atom. The Labute approximate surface area is 144 Å². The number of unbranched alkanes of at least 4 members (excludes halogenated alkanes) is 1. The van der Waals surface area contributed by atoms with Crippen molar-refractivity contribution in [3.8, 4) is 0 Å². The van der Waals surface area contributed by atoms with E-state index in [4.69, 9.17) is 18.9 Å². The Hall–Kier alpha value is -1.66. The van der Waals surface area contributed by atoms with Gasteiger partial charge >= 0.3 is 11.9 Å². The molecule has 0 aromatic heterocycles. The van der Waals surface area contributed by atoms with Gasteiger partial charge in [0.15, 0.2) is 0 Å². The highest BCUT2D eigenvalue weighted by atomic mass is 16.6. The Morgan fingerprint density at radius 1 is 0.708 bits per heavy atom. The van der Waals surface area contributed by atoms with Crippen LogP contribution < -0.4 is 0 Å². The molecule has 0 aliphatic rings. The summed E-state index contributed by atoms with van der Waals surface area (Å²) >= 11 is 0. The van der Waals surface area contributed by atoms with Gasteiger partial charge in [0.1, 0.15) is 13.2 Å². The summed E-state index contributed by atoms with van der Waals surface area (Å²) in [5.41, 5.74) is 1.85. The zero-order chi connectivity index (χ0) is 18.2. The highest BCUT2D eigenvalue weighted by molar-refractivity contribution is 5.70. The van der Waals surface area contributed by atoms with Gasteiger partial charge in [0, 0.05) is 12.8 Å². The number of carbonyl (C=O) groups excluding carboxylic acids is 2. The smallest absolute Gasteiger partial charge is 0.305 e. The number of esters is 2. The predicted molar refractivity (Wildman–Crippen MR) is 91.7 cm³/mol. The standard InChI is InChI=1S/C18H30O6/c1-15(2)13-21-9-11-23-17(19)7-5-6-8-18(20)24-12-10-22-14-16(3)4/h1,3,5-14H2,2,4H3. The molecule has 0 saturated carbocycles. The Balaban J connectivity index is 3.40. The average molecular weight is 342 g/mol. The molecule has 0 aliphatic carbocycles. The van der Waals surface area contributed by atoms with Crippen molar-refractivity contribution in [3.63, 3.8) is 0 Å². The fourth-order valence-electron chi connectivity index (χ4n) is 1.60. The Bertz CT molecular complexity index is 364. The van der Waals surface area contributed by atoms with Crippen LogP contribution in [0.25, 0.3) is 0 Å². The molecule has 0 N–H and O–H groups in total. The summed E-state index contributed by atoms with van der Waals surface area (Å²) in [5.74, 6) is -0.564. The molecule has 0 spiro atoms. The third-order valence-electron chi connectivity index (χ3n) is 2.69. The SMILES string of the molecule is C=C(C)COCCOC(=O)CCCCC(=O)OCCOCC(=C)C. The lowest BCUT2D eigenvalue weighted by Gasteiger charge is -2.07. The van der Waals surface area contributed by atoms with Crippen molar-refractivity contribution in [2.75, 3.05) is 39.6 Å². The van der Waals surface area contributed by atoms with Crippen molar-refractivity contribution in [1.82, 2.24) is 0 Å². The third kappa shape index (κ3) is 16.7. The average Bonchev–Trinajstić information content (AvgIpc) is 2.50. The lowest BCUT2D eigenvalue weighted by atomic mass is 10.2. The van der Waals surface area contributed by atoms with Gasteiger partial charge in [-0.25, -0.2) is 0 Å². The minimum absolute atomic E-state index is 0.234. The van der Waals surface area contributed by atoms with Crippen LogP contribution in [0.1, 0.15) is 39.5 Å². The monoisotopic (exact) mass is 342 g/mol. The van der Waals surface area contributed by atoms with Gasteiger partial charge in [-0.3, -0.25) is 9.59 Å². The summed E-state index contributed by atoms with van der Waals surface area (Å²) in [6.45, 7) is 13.3. The Kier molecular flexibility index (Phi) is 13.9. The molecular formula is C18H30O6. The first-order valence-electron chi connectivity index (χ1n) is 8.17. The van der Waals surface area contributed by atoms with Gasteiger partial charge in [-0.15, -0.1) is 0 Å². The van der Waals surface area contributed by atoms with Crippen molar-refractivity contribution < 1.29 is 28.5 Å². The van der Waals surface area contributed by atoms with Gasteiger partial charge in [0.05, 0.1) is 26.4 Å². The summed E-state index contributed by atoms with van der Waals surface area (Å²) in [5, 5.41) is 0. The normalized spacial score (nSPS) is 10.2. The summed E-state index contributed by atoms with van der Waals surface area (Å²) in [7, 11) is 0. The predicted octanol–water partition coefficient (Wildman–Crippen LogP) is 2.82. The van der Waals surface area contributed by atoms with Crippen molar-refractivity contribution in [2.45, 2.75) is 39.5 Å². The maximum absolute atomic E-state index is 11.4. The number of ether oxygens (including phenoxy) is 4. The van der Waals surface area contributed by atoms with E-state index in [2.05, 4.69) is 13.2 Å². The second kappa shape index (κ2) is 14.9. The molecule has 24 heavy (non-hydrogen) atoms. The molecule has 0 bridgehead atoms. The van der Waals surface area contributed by atoms with Crippen LogP contribution in [0.3, 0.4) is 0 Å². The van der Waals surface area contributed by atoms with Gasteiger partial charge in [0.2, 0.25) is 0 Å². The molecule has 6 nitrogen and oxygen atoms in total. The molecule has 0 aliphatic heterocycles. The van der Waals surface area contributed by atoms with Crippen molar-refractivity contribution >= 4 is 11.9 Å². The van der Waals surface area contributed by atoms with E-state index in [-0.39, 0.29) is 38.0 Å². The lowest BCUT2D eigenvalue weighted by molar-refractivity contribution is -0.147. The molecule has 0 heterocycles. The van der Waals surface area contributed by atoms with E-state index in [1.54, 1.807) is 0 Å². The summed E-state index contributed by atoms with van der Waals surface area (Å²) < 4.78 is 20.5. The van der Waals surface area contributed by atoms with Crippen LogP contribution in [0.2, 0.25) is 0 Å². The molecule has 0 aromatic rings. The largest absolute Gasteiger partial charge is 0.463 e. The molecule has 0 fully saturated rings. The first-order valence-corrected chi connectivity index (χ1v) is 8.17. The Morgan fingerprint density at radius 2 is 1.08 bits per heavy atom. The number of hydrogen-bond donors (Lipinski definition) is 0. The van der Waals surface area contributed by atoms with E-state index in [9.17, 15) is 9.59 Å². The molecule has 0 saturated heterocycles. The van der Waals surface area contributed by atoms with E-state index in [0.717, 1.165) is 11.1 Å². The van der Waals surface area contributed by atoms with Crippen LogP contribution in [-0.2, 0) is 28.5 Å². The summed E-state index contributed by atoms with van der Waals surface area (Å²) in [6, 6.07) is 0. The van der Waals surface area contributed by atoms with E-state index in [1.165, 1.54) is 0 Å². The van der Waals surface area contributed by atoms with Gasteiger partial charge in [-0.05, 0) is 26.7 Å². The number of carbonyl (C=O) groups is 2. The van der Waals surface area contributed by atoms with Crippen molar-refractivity contribution in [1.29, 1.82) is 0 Å². The minimum Gasteiger partial charge on any atom is -0.463 e. The highest BCUT2D eigenvalue weighted by Gasteiger charge is 2.06. The summed E-state index contributed by atoms with van der Waals surface area (Å²) in [6.07, 6.45) is 1.75. The van der Waals surface area contributed by atoms with Crippen LogP contribution in [-0.4, -0.2) is 51.6 Å². The fraction of sp³-hybridized carbons (Fsp3) is 0.667. The second-order valence-electron chi connectivity index (χ2n) is 5.67. The molecule has 0 unspecified atom stereocenters. The minimum atomic E-state index is -0.282. The lowest BCUT2D eigenvalue weighted by Crippen LogP contribution is -2.12. The van der Waals surface area contributed by atoms with E-state index >= 15 is 0 Å². The quantitative estimate of drug-likeness (QED) is 0.259. The van der Waals surface area contributed by atoms with Crippen LogP contribution in [0.4, 0.5) is 0 Å². The van der Waals surface area contributed by atoms with Crippen molar-refractivity contribution in [2.24, 2.45) is 0 Å². The van der Waals surface area contributed by atoms with Crippen molar-refractivity contribution in [3.05, 3.63) is 24.3 Å². The molecule has 0 aromatic carbocycles. The zero-order valence-electron chi connectivity index (χ0n) is 14.9. The highest BCUT2D eigenvalue weighted by Crippen LogP contribution is 2.03. The molecule has 138 valence electrons. The maximum Gasteiger partial charge on any atom is 0.305 e. The second-order valence-corrected chi connectivity index (χ2v) is 5.67. The van der Waals surface area contributed by atoms with Gasteiger partial charge in [-0.2, -0.15) is 0 Å². The first-order chi connectivity index (χ1) is 11.4. The number of rotatable bonds is 15. The molecule has 6 heteroatoms. The topological polar surface area (TPSA) is 71.1 Å². The molecular weight excluding hydrogens is 312 g/mol. The molecule has 0 atom stereocenters. The summed E-state index contributed by atoms with van der Waals surface area (Å²) in [4.78, 5) is 22.9. The molecule has 0 amide bonds. The van der Waals surface area contributed by atoms with Crippen LogP contribution >= 0.6 is 0 Å². The maximum atomic E-state index is 11.4. The zero-order valence-corrected chi connectivity index (χ0v) is 14.9. The van der Waals surface area contributed by atoms with Gasteiger partial charge in [0.25, 0.3) is 0 Å². The fourth-order valence-corrected chi connectivity index (χ4v) is 1.60. The molecule has 0 rings (SSSR count). The third-order valence-corrected chi connectivity index (χ3v) is 2.69. The number of hydrogen-bond acceptors (Lipinski definition) is 6. The molecule has 0 radical (unpaired) electrons. The van der Waals surface area contributed by atoms with Crippen LogP contribution in [0.5, 0.6) is 0 Å². The van der Waals surface area contributed by atoms with Gasteiger partial charge < -0.3 is 18.9 Å².